The van der Waals surface area contributed by atoms with Gasteiger partial charge in [-0.2, -0.15) is 0 Å². The van der Waals surface area contributed by atoms with E-state index in [1.165, 1.54) is 12.1 Å². The SMILES string of the molecule is Fc1ccc(CCCNC(=S)Nc2ccccc2)cc1. The molecule has 2 rings (SSSR count). The smallest absolute Gasteiger partial charge is 0.170 e. The highest BCUT2D eigenvalue weighted by atomic mass is 32.1. The summed E-state index contributed by atoms with van der Waals surface area (Å²) in [6.07, 6.45) is 1.85. The number of benzene rings is 2. The van der Waals surface area contributed by atoms with Crippen molar-refractivity contribution in [2.24, 2.45) is 0 Å². The molecule has 0 spiro atoms. The van der Waals surface area contributed by atoms with Gasteiger partial charge in [-0.25, -0.2) is 4.39 Å². The minimum atomic E-state index is -0.194. The molecular weight excluding hydrogens is 271 g/mol. The van der Waals surface area contributed by atoms with E-state index in [0.29, 0.717) is 5.11 Å². The van der Waals surface area contributed by atoms with E-state index in [0.717, 1.165) is 30.6 Å². The zero-order valence-corrected chi connectivity index (χ0v) is 11.9. The molecule has 4 heteroatoms. The van der Waals surface area contributed by atoms with Crippen LogP contribution in [0.2, 0.25) is 0 Å². The molecule has 2 nitrogen and oxygen atoms in total. The van der Waals surface area contributed by atoms with Crippen molar-refractivity contribution in [2.75, 3.05) is 11.9 Å². The van der Waals surface area contributed by atoms with Crippen LogP contribution in [-0.4, -0.2) is 11.7 Å². The summed E-state index contributed by atoms with van der Waals surface area (Å²) in [5.74, 6) is -0.194. The lowest BCUT2D eigenvalue weighted by Gasteiger charge is -2.10. The van der Waals surface area contributed by atoms with E-state index in [-0.39, 0.29) is 5.82 Å². The molecule has 0 amide bonds. The fourth-order valence-corrected chi connectivity index (χ4v) is 2.06. The summed E-state index contributed by atoms with van der Waals surface area (Å²) >= 11 is 5.21. The first-order chi connectivity index (χ1) is 9.74. The van der Waals surface area contributed by atoms with E-state index in [1.54, 1.807) is 0 Å². The Morgan fingerprint density at radius 1 is 1.00 bits per heavy atom. The lowest BCUT2D eigenvalue weighted by atomic mass is 10.1. The molecule has 0 aliphatic rings. The second-order valence-electron chi connectivity index (χ2n) is 4.48. The van der Waals surface area contributed by atoms with Gasteiger partial charge in [-0.05, 0) is 54.9 Å². The minimum absolute atomic E-state index is 0.194. The lowest BCUT2D eigenvalue weighted by Crippen LogP contribution is -2.29. The van der Waals surface area contributed by atoms with Crippen molar-refractivity contribution in [1.82, 2.24) is 5.32 Å². The predicted molar refractivity (Wildman–Crippen MR) is 85.4 cm³/mol. The van der Waals surface area contributed by atoms with Gasteiger partial charge in [-0.3, -0.25) is 0 Å². The molecule has 0 saturated carbocycles. The van der Waals surface area contributed by atoms with Gasteiger partial charge in [-0.15, -0.1) is 0 Å². The number of anilines is 1. The van der Waals surface area contributed by atoms with Gasteiger partial charge in [-0.1, -0.05) is 30.3 Å². The van der Waals surface area contributed by atoms with Gasteiger partial charge in [0.25, 0.3) is 0 Å². The van der Waals surface area contributed by atoms with E-state index in [2.05, 4.69) is 10.6 Å². The normalized spacial score (nSPS) is 10.1. The van der Waals surface area contributed by atoms with E-state index in [4.69, 9.17) is 12.2 Å². The number of nitrogens with one attached hydrogen (secondary N) is 2. The second kappa shape index (κ2) is 7.60. The molecule has 0 radical (unpaired) electrons. The average Bonchev–Trinajstić information content (AvgIpc) is 2.46. The van der Waals surface area contributed by atoms with Gasteiger partial charge in [0.15, 0.2) is 5.11 Å². The molecule has 0 aromatic heterocycles. The van der Waals surface area contributed by atoms with E-state index in [9.17, 15) is 4.39 Å². The van der Waals surface area contributed by atoms with Gasteiger partial charge in [0.05, 0.1) is 0 Å². The zero-order valence-electron chi connectivity index (χ0n) is 11.1. The third kappa shape index (κ3) is 4.97. The van der Waals surface area contributed by atoms with Crippen molar-refractivity contribution in [3.8, 4) is 0 Å². The number of para-hydroxylation sites is 1. The summed E-state index contributed by atoms with van der Waals surface area (Å²) in [6, 6.07) is 16.4. The quantitative estimate of drug-likeness (QED) is 0.647. The zero-order chi connectivity index (χ0) is 14.2. The highest BCUT2D eigenvalue weighted by Crippen LogP contribution is 2.06. The van der Waals surface area contributed by atoms with Gasteiger partial charge in [0.2, 0.25) is 0 Å². The van der Waals surface area contributed by atoms with Gasteiger partial charge in [0, 0.05) is 12.2 Å². The second-order valence-corrected chi connectivity index (χ2v) is 4.89. The Labute approximate surface area is 124 Å². The molecule has 0 saturated heterocycles. The Kier molecular flexibility index (Phi) is 5.50. The number of rotatable bonds is 5. The number of halogens is 1. The summed E-state index contributed by atoms with van der Waals surface area (Å²) in [4.78, 5) is 0. The number of thiocarbonyl (C=S) groups is 1. The Balaban J connectivity index is 1.66. The fourth-order valence-electron chi connectivity index (χ4n) is 1.84. The molecule has 2 N–H and O–H groups in total. The van der Waals surface area contributed by atoms with Crippen LogP contribution >= 0.6 is 12.2 Å². The largest absolute Gasteiger partial charge is 0.362 e. The third-order valence-electron chi connectivity index (χ3n) is 2.87. The summed E-state index contributed by atoms with van der Waals surface area (Å²) in [5.41, 5.74) is 2.11. The van der Waals surface area contributed by atoms with Crippen LogP contribution in [0.25, 0.3) is 0 Å². The maximum Gasteiger partial charge on any atom is 0.170 e. The first-order valence-electron chi connectivity index (χ1n) is 6.58. The monoisotopic (exact) mass is 288 g/mol. The molecule has 2 aromatic carbocycles. The summed E-state index contributed by atoms with van der Waals surface area (Å²) in [7, 11) is 0. The van der Waals surface area contributed by atoms with Crippen LogP contribution in [0.4, 0.5) is 10.1 Å². The van der Waals surface area contributed by atoms with E-state index >= 15 is 0 Å². The topological polar surface area (TPSA) is 24.1 Å². The Morgan fingerprint density at radius 2 is 1.70 bits per heavy atom. The molecule has 0 heterocycles. The number of hydrogen-bond acceptors (Lipinski definition) is 1. The van der Waals surface area contributed by atoms with Crippen LogP contribution in [0.1, 0.15) is 12.0 Å². The van der Waals surface area contributed by atoms with Crippen LogP contribution in [0, 0.1) is 5.82 Å². The first kappa shape index (κ1) is 14.5. The van der Waals surface area contributed by atoms with Crippen molar-refractivity contribution in [3.63, 3.8) is 0 Å². The first-order valence-corrected chi connectivity index (χ1v) is 6.99. The maximum absolute atomic E-state index is 12.8. The van der Waals surface area contributed by atoms with Crippen LogP contribution in [0.3, 0.4) is 0 Å². The van der Waals surface area contributed by atoms with Crippen molar-refractivity contribution in [2.45, 2.75) is 12.8 Å². The van der Waals surface area contributed by atoms with Crippen LogP contribution in [0.15, 0.2) is 54.6 Å². The predicted octanol–water partition coefficient (Wildman–Crippen LogP) is 3.74. The van der Waals surface area contributed by atoms with Crippen molar-refractivity contribution in [3.05, 3.63) is 66.0 Å². The van der Waals surface area contributed by atoms with Crippen LogP contribution < -0.4 is 10.6 Å². The van der Waals surface area contributed by atoms with Crippen LogP contribution in [0.5, 0.6) is 0 Å². The Morgan fingerprint density at radius 3 is 2.40 bits per heavy atom. The fraction of sp³-hybridized carbons (Fsp3) is 0.188. The van der Waals surface area contributed by atoms with Crippen molar-refractivity contribution >= 4 is 23.0 Å². The van der Waals surface area contributed by atoms with E-state index in [1.807, 2.05) is 42.5 Å². The Hall–Kier alpha value is -1.94. The molecule has 0 bridgehead atoms. The Bertz CT molecular complexity index is 540. The summed E-state index contributed by atoms with van der Waals surface area (Å²) < 4.78 is 12.8. The summed E-state index contributed by atoms with van der Waals surface area (Å²) in [5, 5.41) is 6.90. The molecule has 0 aliphatic heterocycles. The third-order valence-corrected chi connectivity index (χ3v) is 3.12. The van der Waals surface area contributed by atoms with Crippen molar-refractivity contribution in [1.29, 1.82) is 0 Å². The molecule has 0 atom stereocenters. The molecule has 2 aromatic rings. The molecule has 0 aliphatic carbocycles. The molecule has 104 valence electrons. The highest BCUT2D eigenvalue weighted by Gasteiger charge is 1.97. The van der Waals surface area contributed by atoms with Gasteiger partial charge in [0.1, 0.15) is 5.82 Å². The number of hydrogen-bond donors (Lipinski definition) is 2. The summed E-state index contributed by atoms with van der Waals surface area (Å²) in [6.45, 7) is 0.788. The standard InChI is InChI=1S/C16H17FN2S/c17-14-10-8-13(9-11-14)5-4-12-18-16(20)19-15-6-2-1-3-7-15/h1-3,6-11H,4-5,12H2,(H2,18,19,20). The minimum Gasteiger partial charge on any atom is -0.362 e. The van der Waals surface area contributed by atoms with Crippen molar-refractivity contribution < 1.29 is 4.39 Å². The highest BCUT2D eigenvalue weighted by molar-refractivity contribution is 7.80. The maximum atomic E-state index is 12.8. The van der Waals surface area contributed by atoms with Crippen LogP contribution in [-0.2, 0) is 6.42 Å². The number of aryl methyl sites for hydroxylation is 1. The van der Waals surface area contributed by atoms with Gasteiger partial charge >= 0.3 is 0 Å². The molecule has 20 heavy (non-hydrogen) atoms. The van der Waals surface area contributed by atoms with Gasteiger partial charge < -0.3 is 10.6 Å². The molecular formula is C16H17FN2S. The lowest BCUT2D eigenvalue weighted by molar-refractivity contribution is 0.626. The molecule has 0 unspecified atom stereocenters. The van der Waals surface area contributed by atoms with E-state index < -0.39 is 0 Å². The average molecular weight is 288 g/mol. The molecule has 0 fully saturated rings.